The quantitative estimate of drug-likeness (QED) is 0.0650. The van der Waals surface area contributed by atoms with Gasteiger partial charge in [-0.15, -0.1) is 18.2 Å². The number of fused-ring (bicyclic) bond motifs is 6. The number of pyridine rings is 2. The molecule has 1 fully saturated rings. The minimum atomic E-state index is -0.125. The molecule has 41 heavy (non-hydrogen) atoms. The van der Waals surface area contributed by atoms with Gasteiger partial charge in [0.15, 0.2) is 5.78 Å². The van der Waals surface area contributed by atoms with E-state index in [9.17, 15) is 4.79 Å². The van der Waals surface area contributed by atoms with Crippen LogP contribution in [0, 0.1) is 13.1 Å². The Kier molecular flexibility index (Phi) is 8.55. The molecule has 4 nitrogen and oxygen atoms in total. The van der Waals surface area contributed by atoms with Crippen molar-refractivity contribution in [3.05, 3.63) is 103 Å². The second kappa shape index (κ2) is 12.1. The summed E-state index contributed by atoms with van der Waals surface area (Å²) in [7, 11) is 4.55. The third-order valence-corrected chi connectivity index (χ3v) is 8.89. The molecular weight excluding hydrogens is 705 g/mol. The topological polar surface area (TPSA) is 54.1 Å². The van der Waals surface area contributed by atoms with Crippen molar-refractivity contribution in [2.45, 2.75) is 45.4 Å². The molecule has 1 radical (unpaired) electrons. The average Bonchev–Trinajstić information content (AvgIpc) is 3.61. The third kappa shape index (κ3) is 5.52. The Balaban J connectivity index is 0.000000379. The number of hydrogen-bond donors (Lipinski definition) is 1. The van der Waals surface area contributed by atoms with Crippen LogP contribution >= 0.6 is 11.3 Å². The Labute approximate surface area is 257 Å². The zero-order valence-electron chi connectivity index (χ0n) is 23.1. The molecule has 0 atom stereocenters. The summed E-state index contributed by atoms with van der Waals surface area (Å²) in [5.74, 6) is 0.536. The number of carbonyl (C=O) groups is 1. The summed E-state index contributed by atoms with van der Waals surface area (Å²) in [4.78, 5) is 15.7. The van der Waals surface area contributed by atoms with Crippen LogP contribution in [0.2, 0.25) is 0 Å². The zero-order valence-corrected chi connectivity index (χ0v) is 26.3. The monoisotopic (exact) mass is 736 g/mol. The zero-order chi connectivity index (χ0) is 27.8. The van der Waals surface area contributed by atoms with Crippen LogP contribution in [0.25, 0.3) is 53.2 Å². The van der Waals surface area contributed by atoms with Crippen molar-refractivity contribution in [2.75, 3.05) is 0 Å². The van der Waals surface area contributed by atoms with E-state index in [1.807, 2.05) is 12.3 Å². The Morgan fingerprint density at radius 2 is 1.80 bits per heavy atom. The van der Waals surface area contributed by atoms with Crippen molar-refractivity contribution in [3.8, 4) is 11.3 Å². The van der Waals surface area contributed by atoms with Gasteiger partial charge in [0, 0.05) is 44.8 Å². The molecule has 0 unspecified atom stereocenters. The Bertz CT molecular complexity index is 1930. The summed E-state index contributed by atoms with van der Waals surface area (Å²) in [6.07, 6.45) is 8.20. The minimum absolute atomic E-state index is 0. The number of ketones is 1. The van der Waals surface area contributed by atoms with Gasteiger partial charge in [-0.05, 0) is 77.2 Å². The van der Waals surface area contributed by atoms with E-state index in [1.165, 1.54) is 88.3 Å². The third-order valence-electron chi connectivity index (χ3n) is 7.74. The second-order valence-corrected chi connectivity index (χ2v) is 11.5. The molecule has 1 aliphatic rings. The summed E-state index contributed by atoms with van der Waals surface area (Å²) in [5.41, 5.74) is 4.92. The van der Waals surface area contributed by atoms with Crippen molar-refractivity contribution >= 4 is 59.1 Å². The van der Waals surface area contributed by atoms with E-state index in [-0.39, 0.29) is 31.6 Å². The van der Waals surface area contributed by atoms with E-state index in [4.69, 9.17) is 5.11 Å². The molecule has 6 heteroatoms. The number of aliphatic hydroxyl groups excluding tert-OH is 1. The van der Waals surface area contributed by atoms with E-state index in [2.05, 4.69) is 83.3 Å². The van der Waals surface area contributed by atoms with Gasteiger partial charge in [-0.25, -0.2) is 4.98 Å². The number of carbonyl (C=O) groups excluding carboxylic acids is 1. The van der Waals surface area contributed by atoms with Crippen molar-refractivity contribution < 1.29 is 34.6 Å². The molecule has 3 aromatic carbocycles. The fraction of sp³-hybridized carbons (Fsp3) is 0.200. The molecule has 1 N–H and O–H groups in total. The van der Waals surface area contributed by atoms with Crippen molar-refractivity contribution in [3.63, 3.8) is 0 Å². The van der Waals surface area contributed by atoms with Crippen molar-refractivity contribution in [2.24, 2.45) is 0 Å². The summed E-state index contributed by atoms with van der Waals surface area (Å²) in [6.45, 7) is 2.85. The first-order chi connectivity index (χ1) is 19.4. The van der Waals surface area contributed by atoms with Gasteiger partial charge >= 0.3 is 0 Å². The maximum atomic E-state index is 10.0. The van der Waals surface area contributed by atoms with Crippen LogP contribution in [-0.4, -0.2) is 15.9 Å². The minimum Gasteiger partial charge on any atom is -0.512 e. The van der Waals surface area contributed by atoms with Gasteiger partial charge in [-0.1, -0.05) is 60.2 Å². The maximum absolute atomic E-state index is 10.0. The van der Waals surface area contributed by atoms with Gasteiger partial charge in [0.1, 0.15) is 16.0 Å². The molecule has 7 rings (SSSR count). The van der Waals surface area contributed by atoms with Crippen LogP contribution in [0.4, 0.5) is 0 Å². The predicted molar refractivity (Wildman–Crippen MR) is 166 cm³/mol. The number of rotatable bonds is 3. The fourth-order valence-corrected chi connectivity index (χ4v) is 7.19. The van der Waals surface area contributed by atoms with Crippen LogP contribution in [0.3, 0.4) is 0 Å². The average molecular weight is 736 g/mol. The second-order valence-electron chi connectivity index (χ2n) is 10.5. The Hall–Kier alpha value is -3.57. The van der Waals surface area contributed by atoms with Crippen LogP contribution < -0.4 is 4.57 Å². The number of allylic oxidation sites excluding steroid dienone is 2. The smallest absolute Gasteiger partial charge is 0.155 e. The molecule has 0 saturated heterocycles. The van der Waals surface area contributed by atoms with Crippen molar-refractivity contribution in [1.29, 1.82) is 0 Å². The summed E-state index contributed by atoms with van der Waals surface area (Å²) in [6, 6.07) is 27.6. The van der Waals surface area contributed by atoms with E-state index in [0.717, 1.165) is 16.1 Å². The van der Waals surface area contributed by atoms with E-state index in [0.29, 0.717) is 5.92 Å². The number of thiophene rings is 1. The number of benzene rings is 3. The summed E-state index contributed by atoms with van der Waals surface area (Å²) in [5, 5.41) is 14.8. The molecule has 3 aromatic heterocycles. The fourth-order valence-electron chi connectivity index (χ4n) is 6.04. The molecular formula is C35H31IrN2O2S-. The van der Waals surface area contributed by atoms with Crippen molar-refractivity contribution in [1.82, 2.24) is 4.98 Å². The molecule has 1 aliphatic carbocycles. The number of aromatic nitrogens is 2. The molecule has 6 aromatic rings. The Morgan fingerprint density at radius 3 is 2.54 bits per heavy atom. The Morgan fingerprint density at radius 1 is 1.05 bits per heavy atom. The first kappa shape index (κ1) is 28.9. The van der Waals surface area contributed by atoms with Gasteiger partial charge < -0.3 is 9.67 Å². The molecule has 1 saturated carbocycles. The largest absolute Gasteiger partial charge is 0.512 e. The number of aliphatic hydroxyl groups is 1. The number of nitrogens with zero attached hydrogens (tertiary/aromatic N) is 2. The predicted octanol–water partition coefficient (Wildman–Crippen LogP) is 8.84. The van der Waals surface area contributed by atoms with E-state index in [1.54, 1.807) is 11.3 Å². The van der Waals surface area contributed by atoms with E-state index < -0.39 is 0 Å². The molecule has 0 spiro atoms. The molecule has 3 heterocycles. The molecule has 0 aliphatic heterocycles. The van der Waals surface area contributed by atoms with Gasteiger partial charge in [-0.3, -0.25) is 4.79 Å². The standard InChI is InChI=1S/C30H23N2S.C5H8O2.Ir/c1-32-26-16-15-20-10-4-5-11-21(20)28(26)25(19-8-2-3-9-19)18-27(32)24-13-6-12-22-23-14-7-17-31-30(23)33-29(22)24;1-4(6)3-5(2)7;/h4-7,10-12,14-19H,1-3,8-9H2;3,6H,1-2H3;/q-1;;/b;4-3-;. The molecule has 0 bridgehead atoms. The molecule has 209 valence electrons. The maximum Gasteiger partial charge on any atom is 0.155 e. The van der Waals surface area contributed by atoms with Crippen LogP contribution in [0.15, 0.2) is 84.8 Å². The summed E-state index contributed by atoms with van der Waals surface area (Å²) < 4.78 is 3.37. The first-order valence-corrected chi connectivity index (χ1v) is 14.5. The van der Waals surface area contributed by atoms with E-state index >= 15 is 0 Å². The first-order valence-electron chi connectivity index (χ1n) is 13.7. The van der Waals surface area contributed by atoms with Gasteiger partial charge in [0.25, 0.3) is 0 Å². The van der Waals surface area contributed by atoms with Crippen LogP contribution in [0.1, 0.15) is 51.0 Å². The van der Waals surface area contributed by atoms with Crippen LogP contribution in [0.5, 0.6) is 0 Å². The number of hydrogen-bond acceptors (Lipinski definition) is 4. The summed E-state index contributed by atoms with van der Waals surface area (Å²) >= 11 is 1.75. The van der Waals surface area contributed by atoms with Gasteiger partial charge in [0.2, 0.25) is 0 Å². The molecule has 0 amide bonds. The van der Waals surface area contributed by atoms with Gasteiger partial charge in [-0.2, -0.15) is 11.3 Å². The SMILES string of the molecule is CC(=O)/C=C(/C)O.[CH2-][n+]1c(-c2[c-]ccc3c2sc2ncccc23)cc(C2CCCC2)c2c3ccccc3ccc21.[Ir]. The normalized spacial score (nSPS) is 13.9. The van der Waals surface area contributed by atoms with Crippen LogP contribution in [-0.2, 0) is 24.9 Å². The van der Waals surface area contributed by atoms with Gasteiger partial charge in [0.05, 0.1) is 5.76 Å².